The number of benzene rings is 2. The number of hydrogen-bond acceptors (Lipinski definition) is 4. The molecule has 0 spiro atoms. The maximum atomic E-state index is 12.7. The van der Waals surface area contributed by atoms with E-state index >= 15 is 0 Å². The average molecular weight is 445 g/mol. The smallest absolute Gasteiger partial charge is 0.259 e. The number of aromatic hydroxyl groups is 1. The Kier molecular flexibility index (Phi) is 6.12. The van der Waals surface area contributed by atoms with Gasteiger partial charge in [-0.25, -0.2) is 9.82 Å². The third kappa shape index (κ3) is 5.33. The number of carbonyl (C=O) groups excluding carboxylic acids is 1. The molecule has 0 aliphatic carbocycles. The third-order valence-corrected chi connectivity index (χ3v) is 3.95. The van der Waals surface area contributed by atoms with Gasteiger partial charge in [-0.15, -0.1) is 0 Å². The van der Waals surface area contributed by atoms with Crippen LogP contribution >= 0.6 is 31.9 Å². The van der Waals surface area contributed by atoms with Gasteiger partial charge in [0.25, 0.3) is 5.91 Å². The molecule has 0 aliphatic heterocycles. The van der Waals surface area contributed by atoms with Gasteiger partial charge in [-0.1, -0.05) is 0 Å². The number of rotatable bonds is 5. The molecule has 120 valence electrons. The predicted octanol–water partition coefficient (Wildman–Crippen LogP) is 3.62. The zero-order chi connectivity index (χ0) is 16.8. The van der Waals surface area contributed by atoms with Crippen LogP contribution in [0.15, 0.2) is 50.4 Å². The molecule has 0 unspecified atom stereocenters. The number of hydrogen-bond donors (Lipinski definition) is 3. The number of anilines is 1. The maximum Gasteiger partial charge on any atom is 0.259 e. The van der Waals surface area contributed by atoms with Crippen molar-refractivity contribution in [1.82, 2.24) is 5.43 Å². The number of phenols is 1. The zero-order valence-corrected chi connectivity index (χ0v) is 14.9. The molecule has 0 bridgehead atoms. The van der Waals surface area contributed by atoms with Crippen LogP contribution < -0.4 is 10.7 Å². The second-order valence-corrected chi connectivity index (χ2v) is 6.20. The van der Waals surface area contributed by atoms with Gasteiger partial charge in [0.15, 0.2) is 0 Å². The van der Waals surface area contributed by atoms with E-state index in [0.717, 1.165) is 0 Å². The quantitative estimate of drug-likeness (QED) is 0.487. The normalized spacial score (nSPS) is 10.7. The van der Waals surface area contributed by atoms with Gasteiger partial charge in [0.2, 0.25) is 0 Å². The molecule has 0 saturated heterocycles. The Morgan fingerprint density at radius 2 is 1.83 bits per heavy atom. The minimum Gasteiger partial charge on any atom is -0.506 e. The van der Waals surface area contributed by atoms with Crippen LogP contribution in [0.4, 0.5) is 10.1 Å². The molecule has 3 N–H and O–H groups in total. The van der Waals surface area contributed by atoms with Gasteiger partial charge in [-0.3, -0.25) is 4.79 Å². The van der Waals surface area contributed by atoms with Crippen LogP contribution in [-0.2, 0) is 4.79 Å². The van der Waals surface area contributed by atoms with Gasteiger partial charge in [-0.2, -0.15) is 5.10 Å². The average Bonchev–Trinajstić information content (AvgIpc) is 2.52. The third-order valence-electron chi connectivity index (χ3n) is 2.74. The Morgan fingerprint density at radius 3 is 2.43 bits per heavy atom. The highest BCUT2D eigenvalue weighted by atomic mass is 79.9. The molecule has 1 amide bonds. The van der Waals surface area contributed by atoms with Crippen LogP contribution in [0.3, 0.4) is 0 Å². The van der Waals surface area contributed by atoms with Gasteiger partial charge in [-0.05, 0) is 73.8 Å². The van der Waals surface area contributed by atoms with Crippen LogP contribution in [0, 0.1) is 5.82 Å². The SMILES string of the molecule is O=C(CNc1ccc(F)cc1)N/N=C/c1cc(Br)c(O)c(Br)c1. The summed E-state index contributed by atoms with van der Waals surface area (Å²) in [6.45, 7) is 0.00589. The summed E-state index contributed by atoms with van der Waals surface area (Å²) in [5.41, 5.74) is 3.69. The van der Waals surface area contributed by atoms with Gasteiger partial charge in [0.1, 0.15) is 11.6 Å². The topological polar surface area (TPSA) is 73.7 Å². The largest absolute Gasteiger partial charge is 0.506 e. The summed E-state index contributed by atoms with van der Waals surface area (Å²) in [5.74, 6) is -0.590. The van der Waals surface area contributed by atoms with Crippen molar-refractivity contribution in [1.29, 1.82) is 0 Å². The zero-order valence-electron chi connectivity index (χ0n) is 11.7. The lowest BCUT2D eigenvalue weighted by molar-refractivity contribution is -0.119. The molecule has 0 aliphatic rings. The second kappa shape index (κ2) is 8.07. The summed E-state index contributed by atoms with van der Waals surface area (Å²) < 4.78 is 13.8. The Bertz CT molecular complexity index is 713. The fourth-order valence-electron chi connectivity index (χ4n) is 1.63. The van der Waals surface area contributed by atoms with E-state index in [0.29, 0.717) is 20.2 Å². The highest BCUT2D eigenvalue weighted by molar-refractivity contribution is 9.11. The van der Waals surface area contributed by atoms with Crippen LogP contribution in [0.2, 0.25) is 0 Å². The van der Waals surface area contributed by atoms with E-state index in [1.54, 1.807) is 12.1 Å². The molecule has 0 heterocycles. The summed E-state index contributed by atoms with van der Waals surface area (Å²) >= 11 is 6.42. The fraction of sp³-hybridized carbons (Fsp3) is 0.0667. The van der Waals surface area contributed by atoms with Crippen molar-refractivity contribution in [2.45, 2.75) is 0 Å². The van der Waals surface area contributed by atoms with Crippen molar-refractivity contribution in [2.75, 3.05) is 11.9 Å². The van der Waals surface area contributed by atoms with Gasteiger partial charge in [0, 0.05) is 5.69 Å². The van der Waals surface area contributed by atoms with Crippen LogP contribution in [-0.4, -0.2) is 23.8 Å². The minimum atomic E-state index is -0.345. The Morgan fingerprint density at radius 1 is 1.22 bits per heavy atom. The molecule has 0 saturated carbocycles. The summed E-state index contributed by atoms with van der Waals surface area (Å²) in [7, 11) is 0. The first-order valence-corrected chi connectivity index (χ1v) is 8.03. The molecule has 0 radical (unpaired) electrons. The summed E-state index contributed by atoms with van der Waals surface area (Å²) in [6, 6.07) is 9.01. The number of carbonyl (C=O) groups is 1. The monoisotopic (exact) mass is 443 g/mol. The molecule has 5 nitrogen and oxygen atoms in total. The van der Waals surface area contributed by atoms with Crippen molar-refractivity contribution in [3.63, 3.8) is 0 Å². The molecule has 0 atom stereocenters. The number of nitrogens with zero attached hydrogens (tertiary/aromatic N) is 1. The van der Waals surface area contributed by atoms with Crippen molar-refractivity contribution >= 4 is 49.7 Å². The van der Waals surface area contributed by atoms with Crippen molar-refractivity contribution < 1.29 is 14.3 Å². The molecule has 2 aromatic carbocycles. The first-order chi connectivity index (χ1) is 11.0. The van der Waals surface area contributed by atoms with Crippen LogP contribution in [0.5, 0.6) is 5.75 Å². The summed E-state index contributed by atoms with van der Waals surface area (Å²) in [6.07, 6.45) is 1.45. The van der Waals surface area contributed by atoms with Crippen LogP contribution in [0.1, 0.15) is 5.56 Å². The lowest BCUT2D eigenvalue weighted by Crippen LogP contribution is -2.25. The highest BCUT2D eigenvalue weighted by Gasteiger charge is 2.05. The van der Waals surface area contributed by atoms with E-state index in [1.807, 2.05) is 0 Å². The molecular formula is C15H12Br2FN3O2. The number of phenolic OH excluding ortho intramolecular Hbond substituents is 1. The minimum absolute atomic E-state index is 0.00589. The Balaban J connectivity index is 1.85. The summed E-state index contributed by atoms with van der Waals surface area (Å²) in [5, 5.41) is 16.3. The van der Waals surface area contributed by atoms with E-state index in [4.69, 9.17) is 0 Å². The first-order valence-electron chi connectivity index (χ1n) is 6.45. The Hall–Kier alpha value is -1.93. The predicted molar refractivity (Wildman–Crippen MR) is 94.1 cm³/mol. The van der Waals surface area contributed by atoms with Crippen molar-refractivity contribution in [3.05, 3.63) is 56.7 Å². The molecule has 23 heavy (non-hydrogen) atoms. The Labute approximate surface area is 148 Å². The number of halogens is 3. The number of nitrogens with one attached hydrogen (secondary N) is 2. The molecule has 2 aromatic rings. The van der Waals surface area contributed by atoms with E-state index < -0.39 is 0 Å². The number of amides is 1. The lowest BCUT2D eigenvalue weighted by Gasteiger charge is -2.05. The van der Waals surface area contributed by atoms with E-state index in [2.05, 4.69) is 47.7 Å². The van der Waals surface area contributed by atoms with Gasteiger partial charge in [0.05, 0.1) is 21.7 Å². The fourth-order valence-corrected chi connectivity index (χ4v) is 2.85. The molecule has 0 fully saturated rings. The van der Waals surface area contributed by atoms with E-state index in [-0.39, 0.29) is 24.0 Å². The van der Waals surface area contributed by atoms with Crippen molar-refractivity contribution in [3.8, 4) is 5.75 Å². The number of hydrazone groups is 1. The molecular weight excluding hydrogens is 433 g/mol. The first kappa shape index (κ1) is 17.4. The highest BCUT2D eigenvalue weighted by Crippen LogP contribution is 2.32. The maximum absolute atomic E-state index is 12.7. The van der Waals surface area contributed by atoms with E-state index in [1.165, 1.54) is 30.5 Å². The molecule has 2 rings (SSSR count). The lowest BCUT2D eigenvalue weighted by atomic mass is 10.2. The molecule has 8 heteroatoms. The second-order valence-electron chi connectivity index (χ2n) is 4.49. The standard InChI is InChI=1S/C15H12Br2FN3O2/c16-12-5-9(6-13(17)15(12)23)7-20-21-14(22)8-19-11-3-1-10(18)2-4-11/h1-7,19,23H,8H2,(H,21,22)/b20-7+. The van der Waals surface area contributed by atoms with Crippen molar-refractivity contribution in [2.24, 2.45) is 5.10 Å². The van der Waals surface area contributed by atoms with Gasteiger partial charge >= 0.3 is 0 Å². The van der Waals surface area contributed by atoms with Gasteiger partial charge < -0.3 is 10.4 Å². The summed E-state index contributed by atoms with van der Waals surface area (Å²) in [4.78, 5) is 11.6. The van der Waals surface area contributed by atoms with E-state index in [9.17, 15) is 14.3 Å². The molecule has 0 aromatic heterocycles. The van der Waals surface area contributed by atoms with Crippen LogP contribution in [0.25, 0.3) is 0 Å².